The van der Waals surface area contributed by atoms with Crippen LogP contribution >= 0.6 is 0 Å². The van der Waals surface area contributed by atoms with Gasteiger partial charge in [0.15, 0.2) is 5.65 Å². The first kappa shape index (κ1) is 17.3. The second-order valence-electron chi connectivity index (χ2n) is 6.91. The minimum atomic E-state index is -0.0380. The molecule has 0 saturated carbocycles. The Labute approximate surface area is 157 Å². The minimum absolute atomic E-state index is 0.0380. The Kier molecular flexibility index (Phi) is 4.39. The molecule has 0 aliphatic carbocycles. The van der Waals surface area contributed by atoms with Gasteiger partial charge in [-0.1, -0.05) is 6.07 Å². The molecule has 3 heterocycles. The average molecular weight is 361 g/mol. The van der Waals surface area contributed by atoms with Gasteiger partial charge < -0.3 is 9.88 Å². The van der Waals surface area contributed by atoms with Crippen molar-refractivity contribution in [3.8, 4) is 0 Å². The molecule has 0 atom stereocenters. The summed E-state index contributed by atoms with van der Waals surface area (Å²) in [7, 11) is 2.05. The molecule has 27 heavy (non-hydrogen) atoms. The number of aryl methyl sites for hydroxylation is 3. The third kappa shape index (κ3) is 3.07. The van der Waals surface area contributed by atoms with E-state index in [0.717, 1.165) is 35.2 Å². The number of nitrogens with zero attached hydrogens (tertiary/aromatic N) is 4. The fourth-order valence-corrected chi connectivity index (χ4v) is 3.51. The molecule has 0 radical (unpaired) electrons. The van der Waals surface area contributed by atoms with E-state index in [1.54, 1.807) is 0 Å². The van der Waals surface area contributed by atoms with E-state index in [2.05, 4.69) is 41.0 Å². The normalized spacial score (nSPS) is 11.4. The largest absolute Gasteiger partial charge is 0.352 e. The number of carbonyl (C=O) groups is 1. The molecule has 3 aromatic heterocycles. The number of benzene rings is 1. The molecule has 0 bridgehead atoms. The molecule has 0 unspecified atom stereocenters. The minimum Gasteiger partial charge on any atom is -0.352 e. The van der Waals surface area contributed by atoms with Crippen LogP contribution in [0.25, 0.3) is 16.6 Å². The molecule has 1 N–H and O–H groups in total. The Morgan fingerprint density at radius 3 is 2.85 bits per heavy atom. The van der Waals surface area contributed by atoms with E-state index >= 15 is 0 Å². The van der Waals surface area contributed by atoms with Crippen molar-refractivity contribution >= 4 is 22.5 Å². The summed E-state index contributed by atoms with van der Waals surface area (Å²) in [5, 5.41) is 12.5. The molecule has 0 fully saturated rings. The van der Waals surface area contributed by atoms with Crippen LogP contribution in [0.3, 0.4) is 0 Å². The molecule has 4 rings (SSSR count). The fraction of sp³-hybridized carbons (Fsp3) is 0.286. The number of hydrogen-bond acceptors (Lipinski definition) is 3. The molecule has 1 amide bonds. The maximum atomic E-state index is 12.5. The van der Waals surface area contributed by atoms with Crippen molar-refractivity contribution < 1.29 is 4.79 Å². The zero-order valence-electron chi connectivity index (χ0n) is 15.9. The molecular weight excluding hydrogens is 338 g/mol. The van der Waals surface area contributed by atoms with E-state index in [9.17, 15) is 4.79 Å². The Morgan fingerprint density at radius 2 is 2.00 bits per heavy atom. The number of aromatic nitrogens is 4. The van der Waals surface area contributed by atoms with E-state index in [0.29, 0.717) is 12.1 Å². The number of amides is 1. The van der Waals surface area contributed by atoms with Crippen LogP contribution in [-0.2, 0) is 13.5 Å². The standard InChI is InChI=1S/C21H23N5O/c1-14-15(2)25(3)18-10-9-16(13-17(14)18)21(27)22-11-6-8-20-24-23-19-7-4-5-12-26(19)20/h4-5,7,9-10,12-13H,6,8,11H2,1-3H3,(H,22,27). The van der Waals surface area contributed by atoms with Gasteiger partial charge in [-0.2, -0.15) is 0 Å². The van der Waals surface area contributed by atoms with Crippen LogP contribution in [0, 0.1) is 13.8 Å². The van der Waals surface area contributed by atoms with Gasteiger partial charge in [0.25, 0.3) is 5.91 Å². The highest BCUT2D eigenvalue weighted by atomic mass is 16.1. The van der Waals surface area contributed by atoms with Gasteiger partial charge in [-0.15, -0.1) is 10.2 Å². The van der Waals surface area contributed by atoms with Gasteiger partial charge in [0.2, 0.25) is 0 Å². The van der Waals surface area contributed by atoms with Crippen molar-refractivity contribution in [2.75, 3.05) is 6.54 Å². The van der Waals surface area contributed by atoms with Crippen LogP contribution in [0.2, 0.25) is 0 Å². The van der Waals surface area contributed by atoms with Gasteiger partial charge in [-0.05, 0) is 56.2 Å². The topological polar surface area (TPSA) is 64.2 Å². The summed E-state index contributed by atoms with van der Waals surface area (Å²) >= 11 is 0. The average Bonchev–Trinajstić information content (AvgIpc) is 3.20. The first-order chi connectivity index (χ1) is 13.1. The molecule has 0 aliphatic heterocycles. The van der Waals surface area contributed by atoms with Crippen molar-refractivity contribution in [2.24, 2.45) is 7.05 Å². The van der Waals surface area contributed by atoms with Gasteiger partial charge in [-0.25, -0.2) is 0 Å². The zero-order valence-corrected chi connectivity index (χ0v) is 15.9. The SMILES string of the molecule is Cc1c(C)n(C)c2ccc(C(=O)NCCCc3nnc4ccccn34)cc12. The van der Waals surface area contributed by atoms with E-state index in [1.807, 2.05) is 47.0 Å². The predicted octanol–water partition coefficient (Wildman–Crippen LogP) is 3.20. The van der Waals surface area contributed by atoms with Gasteiger partial charge in [0.1, 0.15) is 5.82 Å². The summed E-state index contributed by atoms with van der Waals surface area (Å²) in [5.41, 5.74) is 5.15. The third-order valence-electron chi connectivity index (χ3n) is 5.32. The Bertz CT molecular complexity index is 1140. The molecule has 6 nitrogen and oxygen atoms in total. The Balaban J connectivity index is 1.39. The lowest BCUT2D eigenvalue weighted by molar-refractivity contribution is 0.0953. The number of carbonyl (C=O) groups excluding carboxylic acids is 1. The number of pyridine rings is 1. The smallest absolute Gasteiger partial charge is 0.251 e. The van der Waals surface area contributed by atoms with E-state index in [-0.39, 0.29) is 5.91 Å². The lowest BCUT2D eigenvalue weighted by Gasteiger charge is -2.06. The monoisotopic (exact) mass is 361 g/mol. The van der Waals surface area contributed by atoms with E-state index in [1.165, 1.54) is 11.3 Å². The number of rotatable bonds is 5. The first-order valence-corrected chi connectivity index (χ1v) is 9.18. The highest BCUT2D eigenvalue weighted by Crippen LogP contribution is 2.25. The summed E-state index contributed by atoms with van der Waals surface area (Å²) < 4.78 is 4.14. The van der Waals surface area contributed by atoms with Crippen LogP contribution in [0.5, 0.6) is 0 Å². The zero-order chi connectivity index (χ0) is 19.0. The van der Waals surface area contributed by atoms with Crippen LogP contribution in [0.1, 0.15) is 33.9 Å². The van der Waals surface area contributed by atoms with Crippen molar-refractivity contribution in [1.29, 1.82) is 0 Å². The van der Waals surface area contributed by atoms with Gasteiger partial charge in [-0.3, -0.25) is 9.20 Å². The lowest BCUT2D eigenvalue weighted by Crippen LogP contribution is -2.24. The fourth-order valence-electron chi connectivity index (χ4n) is 3.51. The summed E-state index contributed by atoms with van der Waals surface area (Å²) in [6.45, 7) is 4.80. The second kappa shape index (κ2) is 6.87. The van der Waals surface area contributed by atoms with Crippen molar-refractivity contribution in [3.63, 3.8) is 0 Å². The van der Waals surface area contributed by atoms with Crippen LogP contribution in [-0.4, -0.2) is 31.6 Å². The van der Waals surface area contributed by atoms with Crippen LogP contribution < -0.4 is 5.32 Å². The van der Waals surface area contributed by atoms with E-state index < -0.39 is 0 Å². The molecule has 6 heteroatoms. The maximum Gasteiger partial charge on any atom is 0.251 e. The summed E-state index contributed by atoms with van der Waals surface area (Å²) in [4.78, 5) is 12.5. The van der Waals surface area contributed by atoms with Crippen LogP contribution in [0.4, 0.5) is 0 Å². The number of hydrogen-bond donors (Lipinski definition) is 1. The molecule has 0 aliphatic rings. The molecule has 138 valence electrons. The van der Waals surface area contributed by atoms with Crippen molar-refractivity contribution in [1.82, 2.24) is 24.5 Å². The maximum absolute atomic E-state index is 12.5. The van der Waals surface area contributed by atoms with Crippen molar-refractivity contribution in [2.45, 2.75) is 26.7 Å². The molecule has 4 aromatic rings. The first-order valence-electron chi connectivity index (χ1n) is 9.18. The second-order valence-corrected chi connectivity index (χ2v) is 6.91. The van der Waals surface area contributed by atoms with Gasteiger partial charge >= 0.3 is 0 Å². The van der Waals surface area contributed by atoms with Crippen molar-refractivity contribution in [3.05, 3.63) is 65.2 Å². The molecule has 1 aromatic carbocycles. The molecular formula is C21H23N5O. The quantitative estimate of drug-likeness (QED) is 0.555. The molecule has 0 spiro atoms. The highest BCUT2D eigenvalue weighted by Gasteiger charge is 2.12. The molecule has 0 saturated heterocycles. The van der Waals surface area contributed by atoms with Crippen LogP contribution in [0.15, 0.2) is 42.6 Å². The number of nitrogens with one attached hydrogen (secondary N) is 1. The lowest BCUT2D eigenvalue weighted by atomic mass is 10.1. The Hall–Kier alpha value is -3.15. The number of fused-ring (bicyclic) bond motifs is 2. The summed E-state index contributed by atoms with van der Waals surface area (Å²) in [6.07, 6.45) is 3.54. The highest BCUT2D eigenvalue weighted by molar-refractivity contribution is 5.99. The Morgan fingerprint density at radius 1 is 1.15 bits per heavy atom. The third-order valence-corrected chi connectivity index (χ3v) is 5.32. The van der Waals surface area contributed by atoms with Gasteiger partial charge in [0.05, 0.1) is 0 Å². The van der Waals surface area contributed by atoms with Gasteiger partial charge in [0, 0.05) is 48.4 Å². The summed E-state index contributed by atoms with van der Waals surface area (Å²) in [5.74, 6) is 0.876. The van der Waals surface area contributed by atoms with E-state index in [4.69, 9.17) is 0 Å². The predicted molar refractivity (Wildman–Crippen MR) is 106 cm³/mol. The summed E-state index contributed by atoms with van der Waals surface area (Å²) in [6, 6.07) is 11.7.